The van der Waals surface area contributed by atoms with E-state index >= 15 is 0 Å². The van der Waals surface area contributed by atoms with E-state index in [1.54, 1.807) is 42.2 Å². The van der Waals surface area contributed by atoms with Gasteiger partial charge in [0.1, 0.15) is 6.04 Å². The Bertz CT molecular complexity index is 1010. The zero-order valence-electron chi connectivity index (χ0n) is 19.0. The average Bonchev–Trinajstić information content (AvgIpc) is 2.80. The maximum absolute atomic E-state index is 13.3. The predicted octanol–water partition coefficient (Wildman–Crippen LogP) is 7.40. The molecule has 0 radical (unpaired) electrons. The molecule has 1 aliphatic rings. The molecular weight excluding hydrogens is 534 g/mol. The van der Waals surface area contributed by atoms with Crippen LogP contribution in [0.15, 0.2) is 36.4 Å². The molecule has 1 aliphatic carbocycles. The maximum atomic E-state index is 13.3. The summed E-state index contributed by atoms with van der Waals surface area (Å²) < 4.78 is 0. The monoisotopic (exact) mass is 560 g/mol. The number of hydrogen-bond donors (Lipinski definition) is 1. The first kappa shape index (κ1) is 27.5. The van der Waals surface area contributed by atoms with Gasteiger partial charge in [0.25, 0.3) is 0 Å². The van der Waals surface area contributed by atoms with Gasteiger partial charge in [0.2, 0.25) is 11.8 Å². The number of benzene rings is 2. The van der Waals surface area contributed by atoms with Gasteiger partial charge in [-0.15, -0.1) is 11.8 Å². The fraction of sp³-hybridized carbons (Fsp3) is 0.440. The molecule has 2 aromatic rings. The molecule has 184 valence electrons. The first-order chi connectivity index (χ1) is 16.2. The molecular formula is C25H28Cl4N2O2S. The van der Waals surface area contributed by atoms with E-state index in [0.717, 1.165) is 36.8 Å². The SMILES string of the molecule is C[C@H](C(=O)NC1CCCCC1)N(Cc1ccc(Cl)cc1Cl)C(=O)CSCc1ccc(Cl)cc1Cl. The van der Waals surface area contributed by atoms with E-state index in [2.05, 4.69) is 5.32 Å². The Kier molecular flexibility index (Phi) is 10.7. The van der Waals surface area contributed by atoms with Crippen LogP contribution in [0, 0.1) is 0 Å². The quantitative estimate of drug-likeness (QED) is 0.347. The van der Waals surface area contributed by atoms with Gasteiger partial charge in [0.15, 0.2) is 0 Å². The molecule has 2 aromatic carbocycles. The zero-order chi connectivity index (χ0) is 24.7. The van der Waals surface area contributed by atoms with Crippen molar-refractivity contribution in [1.82, 2.24) is 10.2 Å². The van der Waals surface area contributed by atoms with Crippen molar-refractivity contribution < 1.29 is 9.59 Å². The fourth-order valence-corrected chi connectivity index (χ4v) is 5.89. The highest BCUT2D eigenvalue weighted by Crippen LogP contribution is 2.27. The van der Waals surface area contributed by atoms with E-state index in [1.165, 1.54) is 18.2 Å². The Hall–Kier alpha value is -1.11. The molecule has 0 bridgehead atoms. The molecule has 1 saturated carbocycles. The van der Waals surface area contributed by atoms with Crippen molar-refractivity contribution >= 4 is 70.0 Å². The minimum Gasteiger partial charge on any atom is -0.352 e. The van der Waals surface area contributed by atoms with Gasteiger partial charge in [-0.1, -0.05) is 77.8 Å². The summed E-state index contributed by atoms with van der Waals surface area (Å²) in [6.45, 7) is 1.98. The van der Waals surface area contributed by atoms with Crippen LogP contribution in [0.2, 0.25) is 20.1 Å². The first-order valence-corrected chi connectivity index (χ1v) is 14.0. The second-order valence-corrected chi connectivity index (χ2v) is 11.2. The van der Waals surface area contributed by atoms with Crippen molar-refractivity contribution in [2.75, 3.05) is 5.75 Å². The van der Waals surface area contributed by atoms with E-state index in [4.69, 9.17) is 46.4 Å². The van der Waals surface area contributed by atoms with Gasteiger partial charge in [0, 0.05) is 38.4 Å². The van der Waals surface area contributed by atoms with Gasteiger partial charge >= 0.3 is 0 Å². The number of nitrogens with zero attached hydrogens (tertiary/aromatic N) is 1. The van der Waals surface area contributed by atoms with E-state index in [0.29, 0.717) is 25.8 Å². The molecule has 0 unspecified atom stereocenters. The van der Waals surface area contributed by atoms with E-state index < -0.39 is 6.04 Å². The van der Waals surface area contributed by atoms with Crippen molar-refractivity contribution in [3.05, 3.63) is 67.6 Å². The normalized spacial score (nSPS) is 15.1. The molecule has 1 fully saturated rings. The van der Waals surface area contributed by atoms with E-state index in [-0.39, 0.29) is 30.2 Å². The van der Waals surface area contributed by atoms with Gasteiger partial charge in [-0.25, -0.2) is 0 Å². The molecule has 0 aromatic heterocycles. The van der Waals surface area contributed by atoms with Gasteiger partial charge in [-0.2, -0.15) is 0 Å². The van der Waals surface area contributed by atoms with Crippen LogP contribution in [-0.2, 0) is 21.9 Å². The number of halogens is 4. The molecule has 0 spiro atoms. The molecule has 34 heavy (non-hydrogen) atoms. The molecule has 9 heteroatoms. The number of rotatable bonds is 9. The number of hydrogen-bond acceptors (Lipinski definition) is 3. The minimum absolute atomic E-state index is 0.143. The summed E-state index contributed by atoms with van der Waals surface area (Å²) >= 11 is 26.1. The van der Waals surface area contributed by atoms with Crippen molar-refractivity contribution in [3.8, 4) is 0 Å². The van der Waals surface area contributed by atoms with Crippen LogP contribution in [0.25, 0.3) is 0 Å². The molecule has 1 N–H and O–H groups in total. The summed E-state index contributed by atoms with van der Waals surface area (Å²) in [6, 6.07) is 10.0. The van der Waals surface area contributed by atoms with E-state index in [1.807, 2.05) is 6.07 Å². The van der Waals surface area contributed by atoms with Gasteiger partial charge in [0.05, 0.1) is 5.75 Å². The second kappa shape index (κ2) is 13.3. The van der Waals surface area contributed by atoms with Gasteiger partial charge in [-0.3, -0.25) is 9.59 Å². The van der Waals surface area contributed by atoms with Crippen LogP contribution in [0.5, 0.6) is 0 Å². The van der Waals surface area contributed by atoms with Crippen LogP contribution in [0.1, 0.15) is 50.2 Å². The Labute approximate surface area is 225 Å². The zero-order valence-corrected chi connectivity index (χ0v) is 22.8. The predicted molar refractivity (Wildman–Crippen MR) is 144 cm³/mol. The highest BCUT2D eigenvalue weighted by molar-refractivity contribution is 7.99. The lowest BCUT2D eigenvalue weighted by Crippen LogP contribution is -2.50. The minimum atomic E-state index is -0.638. The molecule has 3 rings (SSSR count). The lowest BCUT2D eigenvalue weighted by atomic mass is 9.95. The van der Waals surface area contributed by atoms with Crippen LogP contribution >= 0.6 is 58.2 Å². The highest BCUT2D eigenvalue weighted by atomic mass is 35.5. The van der Waals surface area contributed by atoms with Crippen LogP contribution < -0.4 is 5.32 Å². The Morgan fingerprint density at radius 3 is 2.15 bits per heavy atom. The lowest BCUT2D eigenvalue weighted by Gasteiger charge is -2.31. The number of carbonyl (C=O) groups is 2. The first-order valence-electron chi connectivity index (χ1n) is 11.3. The molecule has 0 saturated heterocycles. The maximum Gasteiger partial charge on any atom is 0.242 e. The fourth-order valence-electron chi connectivity index (χ4n) is 3.95. The molecule has 2 amide bonds. The second-order valence-electron chi connectivity index (χ2n) is 8.51. The third kappa shape index (κ3) is 7.96. The van der Waals surface area contributed by atoms with Crippen molar-refractivity contribution in [2.45, 2.75) is 63.4 Å². The van der Waals surface area contributed by atoms with Crippen LogP contribution in [-0.4, -0.2) is 34.6 Å². The van der Waals surface area contributed by atoms with Gasteiger partial charge in [-0.05, 0) is 55.2 Å². The summed E-state index contributed by atoms with van der Waals surface area (Å²) in [5, 5.41) is 5.25. The van der Waals surface area contributed by atoms with Gasteiger partial charge < -0.3 is 10.2 Å². The number of nitrogens with one attached hydrogen (secondary N) is 1. The summed E-state index contributed by atoms with van der Waals surface area (Å²) in [5.74, 6) is 0.467. The Morgan fingerprint density at radius 2 is 1.56 bits per heavy atom. The topological polar surface area (TPSA) is 49.4 Å². The van der Waals surface area contributed by atoms with E-state index in [9.17, 15) is 9.59 Å². The van der Waals surface area contributed by atoms with Crippen LogP contribution in [0.4, 0.5) is 0 Å². The highest BCUT2D eigenvalue weighted by Gasteiger charge is 2.28. The third-order valence-corrected chi connectivity index (χ3v) is 8.11. The largest absolute Gasteiger partial charge is 0.352 e. The van der Waals surface area contributed by atoms with Crippen LogP contribution in [0.3, 0.4) is 0 Å². The summed E-state index contributed by atoms with van der Waals surface area (Å²) in [4.78, 5) is 27.9. The summed E-state index contributed by atoms with van der Waals surface area (Å²) in [5.41, 5.74) is 1.64. The third-order valence-electron chi connectivity index (χ3n) is 5.97. The smallest absolute Gasteiger partial charge is 0.242 e. The van der Waals surface area contributed by atoms with Crippen molar-refractivity contribution in [3.63, 3.8) is 0 Å². The van der Waals surface area contributed by atoms with Crippen molar-refractivity contribution in [2.24, 2.45) is 0 Å². The lowest BCUT2D eigenvalue weighted by molar-refractivity contribution is -0.139. The molecule has 4 nitrogen and oxygen atoms in total. The average molecular weight is 562 g/mol. The number of thioether (sulfide) groups is 1. The molecule has 1 atom stereocenters. The number of carbonyl (C=O) groups excluding carboxylic acids is 2. The molecule has 0 aliphatic heterocycles. The number of amides is 2. The Balaban J connectivity index is 1.69. The summed E-state index contributed by atoms with van der Waals surface area (Å²) in [7, 11) is 0. The Morgan fingerprint density at radius 1 is 0.971 bits per heavy atom. The molecule has 0 heterocycles. The van der Waals surface area contributed by atoms with Crippen molar-refractivity contribution in [1.29, 1.82) is 0 Å². The summed E-state index contributed by atoms with van der Waals surface area (Å²) in [6.07, 6.45) is 5.40. The standard InChI is InChI=1S/C25H28Cl4N2O2S/c1-16(25(33)30-21-5-3-2-4-6-21)31(13-17-7-9-19(26)11-22(17)28)24(32)15-34-14-18-8-10-20(27)12-23(18)29/h7-12,16,21H,2-6,13-15H2,1H3,(H,30,33)/t16-/m1/s1.